The average molecular weight is 382 g/mol. The summed E-state index contributed by atoms with van der Waals surface area (Å²) < 4.78 is 0. The van der Waals surface area contributed by atoms with Crippen LogP contribution in [-0.2, 0) is 36.5 Å². The molecule has 0 bridgehead atoms. The van der Waals surface area contributed by atoms with E-state index in [9.17, 15) is 0 Å². The smallest absolute Gasteiger partial charge is 1.00 e. The zero-order valence-corrected chi connectivity index (χ0v) is 20.0. The molecule has 0 fully saturated rings. The molecule has 7 heteroatoms. The third-order valence-electron chi connectivity index (χ3n) is 0. The first-order valence-electron chi connectivity index (χ1n) is 0. The monoisotopic (exact) mass is 380 g/mol. The molecule has 0 rings (SSSR count). The van der Waals surface area contributed by atoms with Crippen LogP contribution in [0.3, 0.4) is 0 Å². The normalized spacial score (nSPS) is 0. The number of hydrogen-bond donors (Lipinski definition) is 0. The number of halogens is 1. The first kappa shape index (κ1) is 49.8. The second-order valence-electron chi connectivity index (χ2n) is 0. The van der Waals surface area contributed by atoms with Crippen LogP contribution < -0.4 is 80.9 Å². The Morgan fingerprint density at radius 3 is 1.14 bits per heavy atom. The topological polar surface area (TPSA) is 0 Å². The molecule has 0 aliphatic carbocycles. The van der Waals surface area contributed by atoms with E-state index in [4.69, 9.17) is 0 Å². The molecular formula is H7CaFeIKMgNaZn. The van der Waals surface area contributed by atoms with Gasteiger partial charge in [0.2, 0.25) is 0 Å². The van der Waals surface area contributed by atoms with E-state index in [-0.39, 0.29) is 211 Å². The molecule has 0 saturated heterocycles. The van der Waals surface area contributed by atoms with Gasteiger partial charge >= 0.3 is 142 Å². The fourth-order valence-corrected chi connectivity index (χ4v) is 0. The van der Waals surface area contributed by atoms with Crippen molar-refractivity contribution in [3.63, 3.8) is 0 Å². The zero-order valence-electron chi connectivity index (χ0n) is 10.9. The standard InChI is InChI=1S/Ca.Fe.HI.K.Mg.Na.Zn.6H/h;;1H;;;;;;;;;;/q+2;;;+1;+2;+1;;6*-1. The summed E-state index contributed by atoms with van der Waals surface area (Å²) in [5.74, 6) is 0. The maximum absolute atomic E-state index is 0. The van der Waals surface area contributed by atoms with Crippen molar-refractivity contribution in [1.29, 1.82) is 0 Å². The van der Waals surface area contributed by atoms with E-state index in [1.54, 1.807) is 0 Å². The minimum Gasteiger partial charge on any atom is -1.00 e. The molecule has 7 heavy (non-hydrogen) atoms. The fraction of sp³-hybridized carbons (Fsp3) is 0. The van der Waals surface area contributed by atoms with Gasteiger partial charge in [0.25, 0.3) is 0 Å². The molecule has 0 aliphatic heterocycles. The predicted octanol–water partition coefficient (Wildman–Crippen LogP) is -5.47. The van der Waals surface area contributed by atoms with E-state index < -0.39 is 0 Å². The van der Waals surface area contributed by atoms with Gasteiger partial charge in [-0.05, 0) is 0 Å². The van der Waals surface area contributed by atoms with Crippen LogP contribution in [0.2, 0.25) is 0 Å². The summed E-state index contributed by atoms with van der Waals surface area (Å²) in [7, 11) is 0. The molecule has 30 valence electrons. The molecule has 0 amide bonds. The van der Waals surface area contributed by atoms with Gasteiger partial charge in [0, 0.05) is 36.5 Å². The second-order valence-corrected chi connectivity index (χ2v) is 0. The summed E-state index contributed by atoms with van der Waals surface area (Å²) >= 11 is 0. The van der Waals surface area contributed by atoms with Gasteiger partial charge in [-0.3, -0.25) is 0 Å². The van der Waals surface area contributed by atoms with Gasteiger partial charge in [-0.2, -0.15) is 0 Å². The summed E-state index contributed by atoms with van der Waals surface area (Å²) in [5, 5.41) is 0. The molecule has 0 spiro atoms. The Kier molecular flexibility index (Phi) is 278. The van der Waals surface area contributed by atoms with Gasteiger partial charge in [0.15, 0.2) is 0 Å². The Bertz CT molecular complexity index is 32.6. The van der Waals surface area contributed by atoms with Crippen molar-refractivity contribution in [1.82, 2.24) is 0 Å². The van der Waals surface area contributed by atoms with Gasteiger partial charge in [-0.25, -0.2) is 0 Å². The SMILES string of the molecule is I.[Ca+2].[Fe].[H-].[H-].[H-].[H-].[H-].[H-].[K+].[Mg+2].[Na+].[Zn]. The van der Waals surface area contributed by atoms with Crippen molar-refractivity contribution >= 4 is 84.8 Å². The average Bonchev–Trinajstić information content (AvgIpc) is 0. The molecule has 0 aromatic rings. The zero-order chi connectivity index (χ0) is 0. The van der Waals surface area contributed by atoms with Crippen LogP contribution in [0.5, 0.6) is 0 Å². The first-order valence-corrected chi connectivity index (χ1v) is 0. The van der Waals surface area contributed by atoms with Crippen molar-refractivity contribution < 1.29 is 126 Å². The van der Waals surface area contributed by atoms with E-state index in [0.717, 1.165) is 0 Å². The molecule has 0 saturated carbocycles. The quantitative estimate of drug-likeness (QED) is 0.290. The van der Waals surface area contributed by atoms with Crippen LogP contribution in [-0.4, -0.2) is 60.8 Å². The molecule has 0 aromatic carbocycles. The number of rotatable bonds is 0. The second kappa shape index (κ2) is 39.1. The van der Waals surface area contributed by atoms with Crippen molar-refractivity contribution in [2.45, 2.75) is 0 Å². The largest absolute Gasteiger partial charge is 2.00 e. The minimum absolute atomic E-state index is 0. The van der Waals surface area contributed by atoms with Crippen LogP contribution in [0.4, 0.5) is 0 Å². The van der Waals surface area contributed by atoms with Crippen LogP contribution >= 0.6 is 24.0 Å². The Balaban J connectivity index is 0. The molecule has 0 unspecified atom stereocenters. The Morgan fingerprint density at radius 1 is 1.14 bits per heavy atom. The molecule has 0 N–H and O–H groups in total. The van der Waals surface area contributed by atoms with Crippen LogP contribution in [0.25, 0.3) is 0 Å². The maximum atomic E-state index is 0. The molecule has 0 nitrogen and oxygen atoms in total. The molecule has 0 radical (unpaired) electrons. The summed E-state index contributed by atoms with van der Waals surface area (Å²) in [5.41, 5.74) is 0. The summed E-state index contributed by atoms with van der Waals surface area (Å²) in [6, 6.07) is 0. The van der Waals surface area contributed by atoms with Gasteiger partial charge < -0.3 is 8.56 Å². The minimum atomic E-state index is 0. The summed E-state index contributed by atoms with van der Waals surface area (Å²) in [6.07, 6.45) is 0. The van der Waals surface area contributed by atoms with E-state index in [2.05, 4.69) is 0 Å². The van der Waals surface area contributed by atoms with Crippen molar-refractivity contribution in [3.05, 3.63) is 0 Å². The van der Waals surface area contributed by atoms with Crippen molar-refractivity contribution in [3.8, 4) is 0 Å². The third kappa shape index (κ3) is 32.6. The Labute approximate surface area is 205 Å². The maximum Gasteiger partial charge on any atom is 2.00 e. The van der Waals surface area contributed by atoms with Crippen molar-refractivity contribution in [2.75, 3.05) is 0 Å². The van der Waals surface area contributed by atoms with Gasteiger partial charge in [-0.15, -0.1) is 24.0 Å². The van der Waals surface area contributed by atoms with E-state index >= 15 is 0 Å². The molecule has 0 aromatic heterocycles. The molecule has 0 atom stereocenters. The summed E-state index contributed by atoms with van der Waals surface area (Å²) in [6.45, 7) is 0. The third-order valence-corrected chi connectivity index (χ3v) is 0. The van der Waals surface area contributed by atoms with Crippen LogP contribution in [0, 0.1) is 0 Å². The molecule has 0 aliphatic rings. The fourth-order valence-electron chi connectivity index (χ4n) is 0. The van der Waals surface area contributed by atoms with Crippen molar-refractivity contribution in [2.24, 2.45) is 0 Å². The molecular weight excluding hydrogens is 375 g/mol. The van der Waals surface area contributed by atoms with Crippen LogP contribution in [0.15, 0.2) is 0 Å². The van der Waals surface area contributed by atoms with Gasteiger partial charge in [0.1, 0.15) is 0 Å². The Hall–Kier alpha value is 6.54. The predicted molar refractivity (Wildman–Crippen MR) is 33.6 cm³/mol. The van der Waals surface area contributed by atoms with Gasteiger partial charge in [-0.1, -0.05) is 0 Å². The van der Waals surface area contributed by atoms with E-state index in [1.807, 2.05) is 0 Å². The number of hydrogen-bond acceptors (Lipinski definition) is 0. The van der Waals surface area contributed by atoms with Gasteiger partial charge in [0.05, 0.1) is 0 Å². The van der Waals surface area contributed by atoms with Crippen LogP contribution in [0.1, 0.15) is 8.56 Å². The van der Waals surface area contributed by atoms with E-state index in [0.29, 0.717) is 0 Å². The molecule has 0 heterocycles. The van der Waals surface area contributed by atoms with E-state index in [1.165, 1.54) is 0 Å². The summed E-state index contributed by atoms with van der Waals surface area (Å²) in [4.78, 5) is 0. The Morgan fingerprint density at radius 2 is 1.14 bits per heavy atom. The first-order chi connectivity index (χ1) is 0.